The lowest BCUT2D eigenvalue weighted by molar-refractivity contribution is 0.669. The average molecular weight is 708 g/mol. The largest absolute Gasteiger partial charge is 0.456 e. The van der Waals surface area contributed by atoms with Crippen molar-refractivity contribution in [2.45, 2.75) is 6.92 Å². The van der Waals surface area contributed by atoms with E-state index >= 15 is 0 Å². The lowest BCUT2D eigenvalue weighted by atomic mass is 9.98. The van der Waals surface area contributed by atoms with Gasteiger partial charge in [0.2, 0.25) is 0 Å². The minimum atomic E-state index is 0.569. The maximum atomic E-state index is 6.15. The van der Waals surface area contributed by atoms with Crippen molar-refractivity contribution in [3.63, 3.8) is 0 Å². The molecule has 0 aliphatic rings. The van der Waals surface area contributed by atoms with E-state index in [0.717, 1.165) is 88.2 Å². The number of aromatic nitrogens is 3. The van der Waals surface area contributed by atoms with E-state index in [1.807, 2.05) is 79.7 Å². The Labute approximate surface area is 317 Å². The monoisotopic (exact) mass is 707 g/mol. The number of nitrogens with zero attached hydrogens (tertiary/aromatic N) is 5. The molecule has 6 nitrogen and oxygen atoms in total. The molecule has 260 valence electrons. The molecule has 0 unspecified atom stereocenters. The van der Waals surface area contributed by atoms with Crippen molar-refractivity contribution < 1.29 is 4.42 Å². The summed E-state index contributed by atoms with van der Waals surface area (Å²) in [5.41, 5.74) is 10.9. The van der Waals surface area contributed by atoms with E-state index in [4.69, 9.17) is 24.6 Å². The number of para-hydroxylation sites is 2. The Morgan fingerprint density at radius 2 is 1.22 bits per heavy atom. The number of hydrogen-bond acceptors (Lipinski definition) is 4. The number of furan rings is 1. The minimum absolute atomic E-state index is 0.569. The molecule has 0 radical (unpaired) electrons. The molecule has 2 heterocycles. The molecule has 8 aromatic carbocycles. The molecule has 55 heavy (non-hydrogen) atoms. The molecule has 6 heteroatoms. The van der Waals surface area contributed by atoms with Gasteiger partial charge in [0.15, 0.2) is 5.84 Å². The molecule has 0 spiro atoms. The highest BCUT2D eigenvalue weighted by Gasteiger charge is 2.15. The van der Waals surface area contributed by atoms with Crippen molar-refractivity contribution in [3.8, 4) is 16.8 Å². The molecule has 0 aliphatic heterocycles. The van der Waals surface area contributed by atoms with Gasteiger partial charge in [0.05, 0.1) is 11.4 Å². The Hall–Kier alpha value is -7.44. The van der Waals surface area contributed by atoms with Gasteiger partial charge in [-0.2, -0.15) is 4.80 Å². The maximum Gasteiger partial charge on any atom is 0.160 e. The van der Waals surface area contributed by atoms with Crippen molar-refractivity contribution in [2.24, 2.45) is 9.98 Å². The van der Waals surface area contributed by atoms with Gasteiger partial charge in [-0.25, -0.2) is 9.98 Å². The molecule has 2 aromatic heterocycles. The third-order valence-corrected chi connectivity index (χ3v) is 10.2. The zero-order valence-electron chi connectivity index (χ0n) is 30.0. The summed E-state index contributed by atoms with van der Waals surface area (Å²) in [6.07, 6.45) is 0. The predicted molar refractivity (Wildman–Crippen MR) is 227 cm³/mol. The zero-order valence-corrected chi connectivity index (χ0v) is 30.0. The highest BCUT2D eigenvalue weighted by molar-refractivity contribution is 6.19. The minimum Gasteiger partial charge on any atom is -0.456 e. The first kappa shape index (κ1) is 32.2. The first-order valence-electron chi connectivity index (χ1n) is 18.2. The van der Waals surface area contributed by atoms with Gasteiger partial charge < -0.3 is 4.42 Å². The maximum absolute atomic E-state index is 6.15. The van der Waals surface area contributed by atoms with Crippen LogP contribution in [0, 0.1) is 0 Å². The first-order valence-corrected chi connectivity index (χ1v) is 18.2. The van der Waals surface area contributed by atoms with Crippen LogP contribution in [0.2, 0.25) is 0 Å². The Kier molecular flexibility index (Phi) is 7.74. The summed E-state index contributed by atoms with van der Waals surface area (Å²) < 4.78 is 6.15. The summed E-state index contributed by atoms with van der Waals surface area (Å²) in [7, 11) is 0. The predicted octanol–water partition coefficient (Wildman–Crippen LogP) is 12.2. The standard InChI is InChI=1S/C49H33N5O/c1-31(33-17-19-35(20-18-33)34-11-5-3-6-12-34)50-49(39-25-28-46-43(30-39)42-15-9-10-16-45(42)55-46)51-32(2)37-23-26-41-38(29-37)22-21-36-24-27-44-48(47(36)41)53-54(52-44)40-13-7-4-8-14-40/h3-30H,2H2,1H3/b50-31+,51-49-. The Morgan fingerprint density at radius 3 is 2.05 bits per heavy atom. The number of benzene rings is 8. The lowest BCUT2D eigenvalue weighted by Gasteiger charge is -2.10. The zero-order chi connectivity index (χ0) is 36.9. The van der Waals surface area contributed by atoms with Crippen molar-refractivity contribution >= 4 is 71.8 Å². The second-order valence-electron chi connectivity index (χ2n) is 13.7. The quantitative estimate of drug-likeness (QED) is 0.0981. The van der Waals surface area contributed by atoms with Gasteiger partial charge in [0.25, 0.3) is 0 Å². The molecule has 0 N–H and O–H groups in total. The summed E-state index contributed by atoms with van der Waals surface area (Å²) in [5, 5.41) is 16.1. The highest BCUT2D eigenvalue weighted by Crippen LogP contribution is 2.34. The van der Waals surface area contributed by atoms with Crippen molar-refractivity contribution in [3.05, 3.63) is 193 Å². The molecule has 0 amide bonds. The smallest absolute Gasteiger partial charge is 0.160 e. The number of fused-ring (bicyclic) bond motifs is 8. The molecule has 0 atom stereocenters. The van der Waals surface area contributed by atoms with E-state index in [-0.39, 0.29) is 0 Å². The van der Waals surface area contributed by atoms with Gasteiger partial charge in [-0.15, -0.1) is 10.2 Å². The fraction of sp³-hybridized carbons (Fsp3) is 0.0204. The van der Waals surface area contributed by atoms with E-state index < -0.39 is 0 Å². The average Bonchev–Trinajstić information content (AvgIpc) is 3.85. The van der Waals surface area contributed by atoms with E-state index in [9.17, 15) is 0 Å². The summed E-state index contributed by atoms with van der Waals surface area (Å²) in [5.74, 6) is 0.569. The van der Waals surface area contributed by atoms with E-state index in [1.165, 1.54) is 5.56 Å². The Balaban J connectivity index is 1.06. The van der Waals surface area contributed by atoms with Crippen LogP contribution in [0.3, 0.4) is 0 Å². The van der Waals surface area contributed by atoms with Crippen LogP contribution in [0.5, 0.6) is 0 Å². The van der Waals surface area contributed by atoms with E-state index in [1.54, 1.807) is 4.80 Å². The summed E-state index contributed by atoms with van der Waals surface area (Å²) >= 11 is 0. The number of rotatable bonds is 6. The number of aliphatic imine (C=N–C) groups is 2. The van der Waals surface area contributed by atoms with Crippen LogP contribution in [-0.4, -0.2) is 26.5 Å². The van der Waals surface area contributed by atoms with Gasteiger partial charge in [-0.1, -0.05) is 128 Å². The van der Waals surface area contributed by atoms with Crippen LogP contribution in [0.4, 0.5) is 0 Å². The van der Waals surface area contributed by atoms with Crippen LogP contribution in [0.1, 0.15) is 23.6 Å². The second-order valence-corrected chi connectivity index (χ2v) is 13.7. The van der Waals surface area contributed by atoms with Crippen LogP contribution in [-0.2, 0) is 0 Å². The normalized spacial score (nSPS) is 12.4. The third-order valence-electron chi connectivity index (χ3n) is 10.2. The van der Waals surface area contributed by atoms with Gasteiger partial charge in [0.1, 0.15) is 22.2 Å². The van der Waals surface area contributed by atoms with E-state index in [0.29, 0.717) is 11.5 Å². The first-order chi connectivity index (χ1) is 27.1. The molecular formula is C49H33N5O. The molecule has 0 bridgehead atoms. The van der Waals surface area contributed by atoms with Crippen LogP contribution < -0.4 is 0 Å². The Morgan fingerprint density at radius 1 is 0.545 bits per heavy atom. The SMILES string of the molecule is C=C(/N=C(\N=C(/C)c1ccc(-c2ccccc2)cc1)c1ccc2oc3ccccc3c2c1)c1ccc2c(ccc3ccc4nn(-c5ccccc5)nc4c32)c1. The fourth-order valence-corrected chi connectivity index (χ4v) is 7.35. The molecule has 0 fully saturated rings. The Bertz CT molecular complexity index is 3150. The highest BCUT2D eigenvalue weighted by atomic mass is 16.3. The van der Waals surface area contributed by atoms with Gasteiger partial charge in [-0.3, -0.25) is 0 Å². The molecular weight excluding hydrogens is 675 g/mol. The van der Waals surface area contributed by atoms with Crippen LogP contribution in [0.15, 0.2) is 191 Å². The van der Waals surface area contributed by atoms with Gasteiger partial charge in [-0.05, 0) is 88.3 Å². The fourth-order valence-electron chi connectivity index (χ4n) is 7.35. The van der Waals surface area contributed by atoms with Gasteiger partial charge >= 0.3 is 0 Å². The summed E-state index contributed by atoms with van der Waals surface area (Å²) in [4.78, 5) is 12.0. The van der Waals surface area contributed by atoms with Crippen LogP contribution >= 0.6 is 0 Å². The third kappa shape index (κ3) is 5.86. The lowest BCUT2D eigenvalue weighted by Crippen LogP contribution is -2.04. The topological polar surface area (TPSA) is 68.6 Å². The van der Waals surface area contributed by atoms with E-state index in [2.05, 4.69) is 104 Å². The van der Waals surface area contributed by atoms with Crippen molar-refractivity contribution in [1.29, 1.82) is 0 Å². The molecule has 0 saturated carbocycles. The van der Waals surface area contributed by atoms with Crippen molar-refractivity contribution in [1.82, 2.24) is 15.0 Å². The summed E-state index contributed by atoms with van der Waals surface area (Å²) in [6, 6.07) is 57.9. The molecule has 0 aliphatic carbocycles. The van der Waals surface area contributed by atoms with Gasteiger partial charge in [0, 0.05) is 33.0 Å². The van der Waals surface area contributed by atoms with Crippen molar-refractivity contribution in [2.75, 3.05) is 0 Å². The van der Waals surface area contributed by atoms with Crippen LogP contribution in [0.25, 0.3) is 77.0 Å². The summed E-state index contributed by atoms with van der Waals surface area (Å²) in [6.45, 7) is 6.50. The second kappa shape index (κ2) is 13.2. The number of amidine groups is 1. The number of hydrogen-bond donors (Lipinski definition) is 0. The molecule has 0 saturated heterocycles. The molecule has 10 aromatic rings. The molecule has 10 rings (SSSR count).